The zero-order chi connectivity index (χ0) is 15.2. The topological polar surface area (TPSA) is 52.3 Å². The Hall–Kier alpha value is -1.65. The van der Waals surface area contributed by atoms with Crippen molar-refractivity contribution in [3.05, 3.63) is 64.7 Å². The average molecular weight is 303 g/mol. The summed E-state index contributed by atoms with van der Waals surface area (Å²) in [7, 11) is 0.697. The molecule has 2 aromatic rings. The van der Waals surface area contributed by atoms with Gasteiger partial charge in [-0.1, -0.05) is 30.3 Å². The Morgan fingerprint density at radius 3 is 2.52 bits per heavy atom. The lowest BCUT2D eigenvalue weighted by Gasteiger charge is -2.10. The van der Waals surface area contributed by atoms with Crippen LogP contribution in [0.3, 0.4) is 0 Å². The van der Waals surface area contributed by atoms with Crippen molar-refractivity contribution < 1.29 is 8.95 Å². The molecule has 0 heterocycles. The molecule has 0 fully saturated rings. The van der Waals surface area contributed by atoms with E-state index in [0.717, 1.165) is 22.4 Å². The van der Waals surface area contributed by atoms with Crippen LogP contribution in [0.2, 0.25) is 0 Å². The van der Waals surface area contributed by atoms with Crippen molar-refractivity contribution in [3.8, 4) is 5.75 Å². The van der Waals surface area contributed by atoms with Crippen molar-refractivity contribution in [1.29, 1.82) is 0 Å². The van der Waals surface area contributed by atoms with Gasteiger partial charge in [0.1, 0.15) is 5.75 Å². The fraction of sp³-hybridized carbons (Fsp3) is 0.294. The summed E-state index contributed by atoms with van der Waals surface area (Å²) in [6.45, 7) is 2.47. The van der Waals surface area contributed by atoms with Gasteiger partial charge in [0.2, 0.25) is 0 Å². The monoisotopic (exact) mass is 303 g/mol. The minimum Gasteiger partial charge on any atom is -0.496 e. The Morgan fingerprint density at radius 2 is 1.86 bits per heavy atom. The van der Waals surface area contributed by atoms with E-state index in [1.807, 2.05) is 49.4 Å². The molecule has 21 heavy (non-hydrogen) atoms. The van der Waals surface area contributed by atoms with Gasteiger partial charge in [-0.15, -0.1) is 0 Å². The molecule has 2 N–H and O–H groups in total. The summed E-state index contributed by atoms with van der Waals surface area (Å²) in [6.07, 6.45) is 0. The highest BCUT2D eigenvalue weighted by Gasteiger charge is 2.08. The predicted octanol–water partition coefficient (Wildman–Crippen LogP) is 2.91. The van der Waals surface area contributed by atoms with E-state index >= 15 is 0 Å². The quantitative estimate of drug-likeness (QED) is 0.892. The Labute approximate surface area is 128 Å². The van der Waals surface area contributed by atoms with E-state index in [2.05, 4.69) is 0 Å². The molecule has 2 aromatic carbocycles. The third-order valence-electron chi connectivity index (χ3n) is 3.47. The van der Waals surface area contributed by atoms with Crippen LogP contribution in [0.15, 0.2) is 42.5 Å². The number of ether oxygens (including phenoxy) is 1. The molecule has 1 unspecified atom stereocenters. The van der Waals surface area contributed by atoms with E-state index in [1.165, 1.54) is 5.56 Å². The van der Waals surface area contributed by atoms with Crippen LogP contribution in [0.4, 0.5) is 0 Å². The normalized spacial score (nSPS) is 12.1. The first-order valence-electron chi connectivity index (χ1n) is 6.89. The second kappa shape index (κ2) is 7.38. The second-order valence-corrected chi connectivity index (χ2v) is 6.46. The van der Waals surface area contributed by atoms with Crippen LogP contribution in [-0.2, 0) is 28.9 Å². The third-order valence-corrected chi connectivity index (χ3v) is 4.76. The summed E-state index contributed by atoms with van der Waals surface area (Å²) in [5, 5.41) is 0. The van der Waals surface area contributed by atoms with E-state index in [9.17, 15) is 4.21 Å². The van der Waals surface area contributed by atoms with Crippen LogP contribution in [0.25, 0.3) is 0 Å². The second-order valence-electron chi connectivity index (χ2n) is 5.01. The summed E-state index contributed by atoms with van der Waals surface area (Å²) >= 11 is 0. The Kier molecular flexibility index (Phi) is 5.53. The van der Waals surface area contributed by atoms with Crippen LogP contribution < -0.4 is 10.5 Å². The van der Waals surface area contributed by atoms with Crippen molar-refractivity contribution in [2.45, 2.75) is 25.0 Å². The number of rotatable bonds is 6. The molecule has 0 aromatic heterocycles. The zero-order valence-electron chi connectivity index (χ0n) is 12.5. The van der Waals surface area contributed by atoms with Crippen LogP contribution >= 0.6 is 0 Å². The highest BCUT2D eigenvalue weighted by atomic mass is 32.2. The smallest absolute Gasteiger partial charge is 0.123 e. The van der Waals surface area contributed by atoms with E-state index < -0.39 is 10.8 Å². The summed E-state index contributed by atoms with van der Waals surface area (Å²) in [5.41, 5.74) is 10.0. The molecule has 0 aliphatic carbocycles. The molecule has 0 aliphatic heterocycles. The summed E-state index contributed by atoms with van der Waals surface area (Å²) in [5.74, 6) is 1.90. The zero-order valence-corrected chi connectivity index (χ0v) is 13.3. The van der Waals surface area contributed by atoms with E-state index in [1.54, 1.807) is 7.11 Å². The highest BCUT2D eigenvalue weighted by molar-refractivity contribution is 7.83. The Morgan fingerprint density at radius 1 is 1.10 bits per heavy atom. The van der Waals surface area contributed by atoms with Gasteiger partial charge in [0.15, 0.2) is 0 Å². The molecule has 0 bridgehead atoms. The van der Waals surface area contributed by atoms with Crippen molar-refractivity contribution in [2.75, 3.05) is 7.11 Å². The van der Waals surface area contributed by atoms with Gasteiger partial charge in [-0.05, 0) is 35.7 Å². The van der Waals surface area contributed by atoms with Crippen LogP contribution in [0, 0.1) is 6.92 Å². The van der Waals surface area contributed by atoms with Crippen LogP contribution in [0.5, 0.6) is 5.75 Å². The molecule has 0 aliphatic rings. The lowest BCUT2D eigenvalue weighted by Crippen LogP contribution is -2.04. The average Bonchev–Trinajstić information content (AvgIpc) is 2.49. The molecule has 2 rings (SSSR count). The van der Waals surface area contributed by atoms with Gasteiger partial charge in [-0.2, -0.15) is 0 Å². The molecule has 112 valence electrons. The molecule has 0 spiro atoms. The van der Waals surface area contributed by atoms with Crippen molar-refractivity contribution in [2.24, 2.45) is 5.73 Å². The lowest BCUT2D eigenvalue weighted by molar-refractivity contribution is 0.409. The maximum Gasteiger partial charge on any atom is 0.123 e. The maximum atomic E-state index is 12.3. The van der Waals surface area contributed by atoms with Gasteiger partial charge in [-0.3, -0.25) is 4.21 Å². The lowest BCUT2D eigenvalue weighted by atomic mass is 10.1. The van der Waals surface area contributed by atoms with Crippen molar-refractivity contribution in [1.82, 2.24) is 0 Å². The molecule has 0 saturated carbocycles. The first kappa shape index (κ1) is 15.7. The summed E-state index contributed by atoms with van der Waals surface area (Å²) in [4.78, 5) is 0. The summed E-state index contributed by atoms with van der Waals surface area (Å²) < 4.78 is 17.6. The standard InChI is InChI=1S/C17H21NO2S/c1-13-5-3-4-6-15(13)12-21(19)11-14-7-8-17(20-2)16(9-14)10-18/h3-9H,10-12,18H2,1-2H3. The van der Waals surface area contributed by atoms with Crippen molar-refractivity contribution in [3.63, 3.8) is 0 Å². The molecule has 1 atom stereocenters. The molecule has 0 amide bonds. The molecule has 4 heteroatoms. The van der Waals surface area contributed by atoms with Gasteiger partial charge >= 0.3 is 0 Å². The molecular formula is C17H21NO2S. The highest BCUT2D eigenvalue weighted by Crippen LogP contribution is 2.21. The minimum atomic E-state index is -0.933. The molecule has 0 saturated heterocycles. The predicted molar refractivity (Wildman–Crippen MR) is 87.6 cm³/mol. The minimum absolute atomic E-state index is 0.418. The van der Waals surface area contributed by atoms with E-state index in [-0.39, 0.29) is 0 Å². The fourth-order valence-corrected chi connectivity index (χ4v) is 3.59. The first-order valence-corrected chi connectivity index (χ1v) is 8.38. The summed E-state index contributed by atoms with van der Waals surface area (Å²) in [6, 6.07) is 13.9. The third kappa shape index (κ3) is 4.16. The van der Waals surface area contributed by atoms with Gasteiger partial charge in [0.25, 0.3) is 0 Å². The Bertz CT molecular complexity index is 640. The van der Waals surface area contributed by atoms with Crippen LogP contribution in [0.1, 0.15) is 22.3 Å². The number of nitrogens with two attached hydrogens (primary N) is 1. The van der Waals surface area contributed by atoms with Crippen LogP contribution in [-0.4, -0.2) is 11.3 Å². The maximum absolute atomic E-state index is 12.3. The largest absolute Gasteiger partial charge is 0.496 e. The van der Waals surface area contributed by atoms with Gasteiger partial charge in [0.05, 0.1) is 7.11 Å². The number of hydrogen-bond acceptors (Lipinski definition) is 3. The first-order chi connectivity index (χ1) is 10.1. The SMILES string of the molecule is COc1ccc(CS(=O)Cc2ccccc2C)cc1CN. The van der Waals surface area contributed by atoms with Gasteiger partial charge in [-0.25, -0.2) is 0 Å². The van der Waals surface area contributed by atoms with Gasteiger partial charge < -0.3 is 10.5 Å². The van der Waals surface area contributed by atoms with E-state index in [4.69, 9.17) is 10.5 Å². The van der Waals surface area contributed by atoms with Crippen molar-refractivity contribution >= 4 is 10.8 Å². The molecule has 3 nitrogen and oxygen atoms in total. The number of aryl methyl sites for hydroxylation is 1. The Balaban J connectivity index is 2.08. The van der Waals surface area contributed by atoms with E-state index in [0.29, 0.717) is 18.1 Å². The molecule has 0 radical (unpaired) electrons. The molecular weight excluding hydrogens is 282 g/mol. The fourth-order valence-electron chi connectivity index (χ4n) is 2.26. The number of methoxy groups -OCH3 is 1. The number of benzene rings is 2. The van der Waals surface area contributed by atoms with Gasteiger partial charge in [0, 0.05) is 34.4 Å². The number of hydrogen-bond donors (Lipinski definition) is 1.